The van der Waals surface area contributed by atoms with Crippen LogP contribution < -0.4 is 16.0 Å². The summed E-state index contributed by atoms with van der Waals surface area (Å²) in [5.74, 6) is -4.96. The first-order chi connectivity index (χ1) is 57.8. The lowest BCUT2D eigenvalue weighted by molar-refractivity contribution is -0.420. The normalized spacial score (nSPS) is 49.6. The minimum Gasteiger partial charge on any atom is -0.479 e. The van der Waals surface area contributed by atoms with Crippen LogP contribution in [0.15, 0.2) is 0 Å². The average Bonchev–Trinajstić information content (AvgIpc) is 0.940. The highest BCUT2D eigenvalue weighted by Gasteiger charge is 2.63. The smallest absolute Gasteiger partial charge is 0.397 e. The van der Waals surface area contributed by atoms with Gasteiger partial charge >= 0.3 is 16.4 Å². The molecule has 0 aliphatic carbocycles. The van der Waals surface area contributed by atoms with Gasteiger partial charge in [0.05, 0.1) is 58.5 Å². The molecular weight excluding hydrogens is 1710 g/mol. The number of carbonyl (C=O) groups is 4. The zero-order valence-corrected chi connectivity index (χ0v) is 66.2. The maximum Gasteiger partial charge on any atom is 0.397 e. The fourth-order valence-electron chi connectivity index (χ4n) is 15.5. The van der Waals surface area contributed by atoms with Gasteiger partial charge in [0.2, 0.25) is 17.7 Å². The van der Waals surface area contributed by atoms with Gasteiger partial charge in [-0.05, 0) is 13.8 Å². The van der Waals surface area contributed by atoms with Gasteiger partial charge < -0.3 is 239 Å². The molecule has 30 N–H and O–H groups in total. The molecule has 0 aromatic heterocycles. The van der Waals surface area contributed by atoms with Crippen LogP contribution in [0.25, 0.3) is 0 Å². The van der Waals surface area contributed by atoms with E-state index in [9.17, 15) is 165 Å². The number of aliphatic hydroxyl groups excluding tert-OH is 25. The van der Waals surface area contributed by atoms with Crippen molar-refractivity contribution in [3.8, 4) is 0 Å². The highest BCUT2D eigenvalue weighted by atomic mass is 32.3. The van der Waals surface area contributed by atoms with E-state index < -0.39 is 387 Å². The molecule has 0 aromatic carbocycles. The topological polar surface area (TPSA) is 869 Å². The van der Waals surface area contributed by atoms with E-state index in [1.165, 1.54) is 6.92 Å². The number of aliphatic carboxylic acids is 1. The van der Waals surface area contributed by atoms with Crippen molar-refractivity contribution < 1.29 is 259 Å². The van der Waals surface area contributed by atoms with Crippen LogP contribution in [0.4, 0.5) is 0 Å². The molecule has 10 fully saturated rings. The third kappa shape index (κ3) is 22.6. The summed E-state index contributed by atoms with van der Waals surface area (Å²) in [6, 6.07) is -5.94. The molecule has 0 saturated carbocycles. The third-order valence-corrected chi connectivity index (χ3v) is 22.6. The monoisotopic (exact) mass is 1820 g/mol. The van der Waals surface area contributed by atoms with Crippen LogP contribution in [0.2, 0.25) is 0 Å². The Morgan fingerprint density at radius 3 is 1.11 bits per heavy atom. The van der Waals surface area contributed by atoms with Crippen molar-refractivity contribution in [1.29, 1.82) is 0 Å². The molecule has 0 aromatic rings. The van der Waals surface area contributed by atoms with E-state index in [4.69, 9.17) is 90.0 Å². The van der Waals surface area contributed by atoms with Gasteiger partial charge in [-0.3, -0.25) is 18.9 Å². The molecule has 10 aliphatic rings. The molecule has 10 aliphatic heterocycles. The lowest BCUT2D eigenvalue weighted by Crippen LogP contribution is -2.71. The SMILES string of the molecule is CC(=O)N[C@@H]1[C@@H](O[C@@H]2O[C@H](CO)[C@H](O[C@@H]3O[C@H](CO)[C@H](O[C@H]4O[C@H](CO)[C@H](O)[C@H](O[C@@H]5O[C@H](CO)[C@H](O)[C@H](O)[C@H]5O)[C@H]4NC(C)=O)[C@H](O)[C@H]3O)[C@H](O[C@@H]3O[C@H](CO)[C@H](O)[C@H](O[C@@H]4O[C@H](C(=O)O)[C@@H](O)[C@H](O)[C@H]4O)[C@@H]3O)[C@H]2O[C@@H]2O[C@@H](C)[C@@H](O)[C@@H](O)[C@@H]2O)[C@@H](O)[C@@H](CO[C@@H]2O[C@H](COS(=O)(=O)O)[C@@H](O)[C@H](O[C@@H]3O[C@@H](C)[C@@H](O)[C@@H](O)[C@@H]3O)[C@H]2NC(C)=O)O[C@H]1O. The second-order valence-electron chi connectivity index (χ2n) is 30.8. The molecule has 123 heavy (non-hydrogen) atoms. The summed E-state index contributed by atoms with van der Waals surface area (Å²) in [4.78, 5) is 51.5. The van der Waals surface area contributed by atoms with Crippen LogP contribution >= 0.6 is 0 Å². The Morgan fingerprint density at radius 1 is 0.293 bits per heavy atom. The maximum absolute atomic E-state index is 13.2. The van der Waals surface area contributed by atoms with E-state index in [1.807, 2.05) is 0 Å². The molecule has 56 nitrogen and oxygen atoms in total. The Balaban J connectivity index is 1.04. The van der Waals surface area contributed by atoms with Gasteiger partial charge in [0.25, 0.3) is 0 Å². The largest absolute Gasteiger partial charge is 0.479 e. The van der Waals surface area contributed by atoms with Crippen molar-refractivity contribution in [1.82, 2.24) is 16.0 Å². The Labute approximate surface area is 694 Å². The van der Waals surface area contributed by atoms with Crippen LogP contribution in [-0.2, 0) is 124 Å². The highest BCUT2D eigenvalue weighted by molar-refractivity contribution is 7.80. The molecule has 10 heterocycles. The predicted octanol–water partition coefficient (Wildman–Crippen LogP) is -20.4. The molecule has 3 amide bonds. The number of hydrogen-bond donors (Lipinski definition) is 30. The number of ether oxygens (including phenoxy) is 19. The summed E-state index contributed by atoms with van der Waals surface area (Å²) in [5.41, 5.74) is 0. The van der Waals surface area contributed by atoms with Crippen molar-refractivity contribution in [2.75, 3.05) is 46.2 Å². The average molecular weight is 1820 g/mol. The summed E-state index contributed by atoms with van der Waals surface area (Å²) < 4.78 is 151. The number of amides is 3. The summed E-state index contributed by atoms with van der Waals surface area (Å²) >= 11 is 0. The molecular formula is C66H109N3O53S. The molecule has 712 valence electrons. The first-order valence-electron chi connectivity index (χ1n) is 38.5. The van der Waals surface area contributed by atoms with E-state index in [0.717, 1.165) is 27.7 Å². The van der Waals surface area contributed by atoms with E-state index in [-0.39, 0.29) is 0 Å². The van der Waals surface area contributed by atoms with Gasteiger partial charge in [0.1, 0.15) is 226 Å². The summed E-state index contributed by atoms with van der Waals surface area (Å²) in [5, 5.41) is 298. The number of hydrogen-bond acceptors (Lipinski definition) is 51. The fraction of sp³-hybridized carbons (Fsp3) is 0.939. The van der Waals surface area contributed by atoms with Crippen LogP contribution in [0, 0.1) is 0 Å². The minimum atomic E-state index is -5.40. The molecule has 0 bridgehead atoms. The van der Waals surface area contributed by atoms with Gasteiger partial charge in [-0.15, -0.1) is 0 Å². The Bertz CT molecular complexity index is 3510. The summed E-state index contributed by atoms with van der Waals surface area (Å²) in [6.45, 7) is -3.69. The number of rotatable bonds is 31. The van der Waals surface area contributed by atoms with E-state index in [1.54, 1.807) is 0 Å². The lowest BCUT2D eigenvalue weighted by atomic mass is 9.93. The van der Waals surface area contributed by atoms with Gasteiger partial charge in [-0.25, -0.2) is 8.98 Å². The maximum atomic E-state index is 13.2. The van der Waals surface area contributed by atoms with Gasteiger partial charge in [0.15, 0.2) is 69.0 Å². The van der Waals surface area contributed by atoms with E-state index in [0.29, 0.717) is 0 Å². The molecule has 0 radical (unpaired) electrons. The van der Waals surface area contributed by atoms with E-state index >= 15 is 0 Å². The zero-order chi connectivity index (χ0) is 90.9. The molecule has 0 spiro atoms. The Kier molecular flexibility index (Phi) is 35.3. The predicted molar refractivity (Wildman–Crippen MR) is 373 cm³/mol. The zero-order valence-electron chi connectivity index (χ0n) is 65.4. The number of nitrogens with one attached hydrogen (secondary N) is 3. The lowest BCUT2D eigenvalue weighted by Gasteiger charge is -2.53. The van der Waals surface area contributed by atoms with Crippen molar-refractivity contribution in [3.63, 3.8) is 0 Å². The molecule has 0 unspecified atom stereocenters. The molecule has 10 rings (SSSR count). The number of carboxylic acids is 1. The Morgan fingerprint density at radius 2 is 0.618 bits per heavy atom. The van der Waals surface area contributed by atoms with Gasteiger partial charge in [0, 0.05) is 20.8 Å². The Hall–Kier alpha value is -4.01. The van der Waals surface area contributed by atoms with Crippen molar-refractivity contribution in [2.45, 2.75) is 341 Å². The molecule has 10 saturated heterocycles. The number of carbonyl (C=O) groups excluding carboxylic acids is 3. The van der Waals surface area contributed by atoms with Gasteiger partial charge in [-0.2, -0.15) is 8.42 Å². The first-order valence-corrected chi connectivity index (χ1v) is 39.9. The second-order valence-corrected chi connectivity index (χ2v) is 31.9. The first kappa shape index (κ1) is 101. The molecule has 57 heteroatoms. The van der Waals surface area contributed by atoms with Crippen LogP contribution in [0.3, 0.4) is 0 Å². The van der Waals surface area contributed by atoms with Crippen LogP contribution in [0.5, 0.6) is 0 Å². The van der Waals surface area contributed by atoms with Crippen LogP contribution in [0.1, 0.15) is 34.6 Å². The summed E-state index contributed by atoms with van der Waals surface area (Å²) in [6.07, 6.45) is -105. The van der Waals surface area contributed by atoms with Gasteiger partial charge in [-0.1, -0.05) is 0 Å². The summed E-state index contributed by atoms with van der Waals surface area (Å²) in [7, 11) is -5.40. The molecule has 50 atom stereocenters. The fourth-order valence-corrected chi connectivity index (χ4v) is 15.8. The van der Waals surface area contributed by atoms with Crippen molar-refractivity contribution in [3.05, 3.63) is 0 Å². The standard InChI is InChI=1S/C66H109N3O53S/c1-13-28(78)35(85)41(91)60(105-13)116-50-26(68-16(4)76)58(113-24(34(50)84)12-104-123(100,101)102)103-11-23-33(83)49(25(57(99)107-23)67-15(3)75)118-66-55(122-61-42(92)36(86)29(79)14(2)106-61)54(121-65-46(96)52(32(82)20(8-72)110-65)119-64-44(94)38(88)39(89)53(120-64)56(97)98)48(22(10-74)112-66)115-63-45(95)40(90)47(21(9-73)111-63)114-59-27(69-17(5)77)51(31(81)19(7-71)108-59)117-62-43(93)37(87)30(80)18(6-70)109-62/h13-14,18-55,57-66,70-74,78-96,99H,6-12H2,1-5H3,(H,67,75)(H,68,76)(H,69,77)(H,97,98)(H,100,101,102)/t13-,14-,18+,19+,20+,21+,22+,23+,24+,25+,26+,27+,28+,29+,30-,31-,32-,33-,34+,35+,36+,37-,38-,39-,40+,41-,42-,43+,44+,45+,46-,47-,48-,49+,50+,51+,52-,53-,54-,55+,57+,58+,59+,60-,61-,62-,63-,64+,65-,66-/m0/s1. The third-order valence-electron chi connectivity index (χ3n) is 22.2. The number of carboxylic acid groups (broad SMARTS) is 1. The highest BCUT2D eigenvalue weighted by Crippen LogP contribution is 2.42. The van der Waals surface area contributed by atoms with Crippen molar-refractivity contribution >= 4 is 34.1 Å². The van der Waals surface area contributed by atoms with Crippen molar-refractivity contribution in [2.24, 2.45) is 0 Å². The van der Waals surface area contributed by atoms with E-state index in [2.05, 4.69) is 20.1 Å². The quantitative estimate of drug-likeness (QED) is 0.0287. The second kappa shape index (κ2) is 42.9. The van der Waals surface area contributed by atoms with Crippen LogP contribution in [-0.4, -0.2) is 523 Å². The minimum absolute atomic E-state index is 0.864. The number of aliphatic hydroxyl groups is 25.